The molecular weight excluding hydrogens is 412 g/mol. The largest absolute Gasteiger partial charge is 0.481 e. The lowest BCUT2D eigenvalue weighted by Crippen LogP contribution is -2.16. The molecule has 7 nitrogen and oxygen atoms in total. The van der Waals surface area contributed by atoms with Gasteiger partial charge in [-0.05, 0) is 37.0 Å². The van der Waals surface area contributed by atoms with Crippen LogP contribution in [0.4, 0.5) is 5.82 Å². The van der Waals surface area contributed by atoms with E-state index >= 15 is 0 Å². The van der Waals surface area contributed by atoms with Crippen molar-refractivity contribution in [2.45, 2.75) is 32.2 Å². The molecule has 0 bridgehead atoms. The first-order valence-electron chi connectivity index (χ1n) is 8.85. The van der Waals surface area contributed by atoms with Gasteiger partial charge < -0.3 is 15.0 Å². The van der Waals surface area contributed by atoms with Crippen LogP contribution in [0.5, 0.6) is 0 Å². The van der Waals surface area contributed by atoms with Gasteiger partial charge in [0.05, 0.1) is 18.6 Å². The van der Waals surface area contributed by atoms with Crippen molar-refractivity contribution in [3.05, 3.63) is 46.3 Å². The molecule has 2 aromatic rings. The Morgan fingerprint density at radius 1 is 1.30 bits per heavy atom. The Balaban J connectivity index is 1.52. The van der Waals surface area contributed by atoms with Gasteiger partial charge >= 0.3 is 5.97 Å². The van der Waals surface area contributed by atoms with Crippen LogP contribution in [0.2, 0.25) is 0 Å². The predicted molar refractivity (Wildman–Crippen MR) is 106 cm³/mol. The third-order valence-electron chi connectivity index (χ3n) is 4.58. The molecule has 0 spiro atoms. The Bertz CT molecular complexity index is 845. The van der Waals surface area contributed by atoms with Crippen LogP contribution in [-0.4, -0.2) is 39.3 Å². The number of aliphatic imine (C=N–C) groups is 1. The number of rotatable bonds is 8. The Morgan fingerprint density at radius 2 is 2.07 bits per heavy atom. The average molecular weight is 433 g/mol. The second-order valence-corrected chi connectivity index (χ2v) is 7.45. The van der Waals surface area contributed by atoms with Gasteiger partial charge in [0.2, 0.25) is 5.78 Å². The minimum Gasteiger partial charge on any atom is -0.481 e. The third-order valence-corrected chi connectivity index (χ3v) is 5.10. The first-order valence-corrected chi connectivity index (χ1v) is 9.64. The molecule has 142 valence electrons. The SMILES string of the molecule is O=C1CN=CNc2c1ncn2CCCCC(Cc1ccc(Br)cc1)C(=O)O. The smallest absolute Gasteiger partial charge is 0.306 e. The monoisotopic (exact) mass is 432 g/mol. The quantitative estimate of drug-likeness (QED) is 0.623. The number of hydrogen-bond acceptors (Lipinski definition) is 5. The number of halogens is 1. The van der Waals surface area contributed by atoms with Crippen molar-refractivity contribution < 1.29 is 14.7 Å². The molecule has 1 aliphatic rings. The molecule has 0 fully saturated rings. The lowest BCUT2D eigenvalue weighted by atomic mass is 9.94. The molecule has 0 amide bonds. The molecule has 1 atom stereocenters. The highest BCUT2D eigenvalue weighted by Gasteiger charge is 2.20. The van der Waals surface area contributed by atoms with Crippen LogP contribution in [0, 0.1) is 5.92 Å². The van der Waals surface area contributed by atoms with Crippen molar-refractivity contribution in [1.29, 1.82) is 0 Å². The van der Waals surface area contributed by atoms with Gasteiger partial charge in [-0.25, -0.2) is 4.98 Å². The van der Waals surface area contributed by atoms with Crippen LogP contribution >= 0.6 is 15.9 Å². The molecule has 2 N–H and O–H groups in total. The maximum atomic E-state index is 11.9. The summed E-state index contributed by atoms with van der Waals surface area (Å²) < 4.78 is 2.87. The summed E-state index contributed by atoms with van der Waals surface area (Å²) in [6.45, 7) is 0.772. The fraction of sp³-hybridized carbons (Fsp3) is 0.368. The van der Waals surface area contributed by atoms with Crippen molar-refractivity contribution in [3.8, 4) is 0 Å². The number of unbranched alkanes of at least 4 members (excludes halogenated alkanes) is 1. The lowest BCUT2D eigenvalue weighted by Gasteiger charge is -2.13. The van der Waals surface area contributed by atoms with E-state index in [4.69, 9.17) is 0 Å². The van der Waals surface area contributed by atoms with E-state index in [0.717, 1.165) is 22.9 Å². The van der Waals surface area contributed by atoms with Gasteiger partial charge in [-0.2, -0.15) is 0 Å². The molecule has 0 aliphatic carbocycles. The highest BCUT2D eigenvalue weighted by atomic mass is 79.9. The molecule has 1 unspecified atom stereocenters. The normalized spacial score (nSPS) is 14.3. The van der Waals surface area contributed by atoms with Gasteiger partial charge in [-0.3, -0.25) is 14.6 Å². The number of carboxylic acid groups (broad SMARTS) is 1. The topological polar surface area (TPSA) is 96.6 Å². The molecule has 0 saturated carbocycles. The number of anilines is 1. The molecular formula is C19H21BrN4O3. The number of aromatic nitrogens is 2. The molecule has 1 aromatic carbocycles. The number of ketones is 1. The minimum absolute atomic E-state index is 0.105. The maximum absolute atomic E-state index is 11.9. The highest BCUT2D eigenvalue weighted by molar-refractivity contribution is 9.10. The van der Waals surface area contributed by atoms with Gasteiger partial charge in [0.15, 0.2) is 5.69 Å². The summed E-state index contributed by atoms with van der Waals surface area (Å²) >= 11 is 3.39. The van der Waals surface area contributed by atoms with E-state index in [1.165, 1.54) is 6.34 Å². The van der Waals surface area contributed by atoms with E-state index in [1.807, 2.05) is 28.8 Å². The fourth-order valence-corrected chi connectivity index (χ4v) is 3.37. The molecule has 27 heavy (non-hydrogen) atoms. The van der Waals surface area contributed by atoms with Crippen molar-refractivity contribution in [2.75, 3.05) is 11.9 Å². The summed E-state index contributed by atoms with van der Waals surface area (Å²) in [4.78, 5) is 31.6. The number of Topliss-reactive ketones (excluding diaryl/α,β-unsaturated/α-hetero) is 1. The van der Waals surface area contributed by atoms with Crippen LogP contribution in [-0.2, 0) is 17.8 Å². The number of carboxylic acids is 1. The second-order valence-electron chi connectivity index (χ2n) is 6.53. The highest BCUT2D eigenvalue weighted by Crippen LogP contribution is 2.20. The Hall–Kier alpha value is -2.48. The van der Waals surface area contributed by atoms with E-state index in [-0.39, 0.29) is 12.3 Å². The molecule has 8 heteroatoms. The van der Waals surface area contributed by atoms with Gasteiger partial charge in [-0.1, -0.05) is 34.5 Å². The summed E-state index contributed by atoms with van der Waals surface area (Å²) in [5.41, 5.74) is 1.43. The molecule has 1 aliphatic heterocycles. The zero-order valence-corrected chi connectivity index (χ0v) is 16.4. The Morgan fingerprint density at radius 3 is 2.81 bits per heavy atom. The maximum Gasteiger partial charge on any atom is 0.306 e. The minimum atomic E-state index is -0.766. The van der Waals surface area contributed by atoms with E-state index in [9.17, 15) is 14.7 Å². The number of carbonyl (C=O) groups excluding carboxylic acids is 1. The van der Waals surface area contributed by atoms with Crippen LogP contribution in [0.1, 0.15) is 35.3 Å². The van der Waals surface area contributed by atoms with Crippen LogP contribution < -0.4 is 5.32 Å². The summed E-state index contributed by atoms with van der Waals surface area (Å²) in [5, 5.41) is 12.5. The Kier molecular flexibility index (Phi) is 6.39. The number of fused-ring (bicyclic) bond motifs is 1. The number of nitrogens with zero attached hydrogens (tertiary/aromatic N) is 3. The number of hydrogen-bond donors (Lipinski definition) is 2. The van der Waals surface area contributed by atoms with Gasteiger partial charge in [-0.15, -0.1) is 0 Å². The standard InChI is InChI=1S/C19H21BrN4O3/c20-15-6-4-13(5-7-15)9-14(19(26)27)3-1-2-8-24-12-23-17-16(25)10-21-11-22-18(17)24/h4-7,11-12,14H,1-3,8-10H2,(H,21,22)(H,26,27). The summed E-state index contributed by atoms with van der Waals surface area (Å²) in [6.07, 6.45) is 5.87. The van der Waals surface area contributed by atoms with Gasteiger partial charge in [0, 0.05) is 11.0 Å². The van der Waals surface area contributed by atoms with Crippen LogP contribution in [0.3, 0.4) is 0 Å². The molecule has 1 aromatic heterocycles. The fourth-order valence-electron chi connectivity index (χ4n) is 3.11. The first-order chi connectivity index (χ1) is 13.0. The Labute approximate surface area is 165 Å². The van der Waals surface area contributed by atoms with Gasteiger partial charge in [0.1, 0.15) is 12.4 Å². The number of nitrogens with one attached hydrogen (secondary N) is 1. The van der Waals surface area contributed by atoms with E-state index in [2.05, 4.69) is 31.2 Å². The van der Waals surface area contributed by atoms with Crippen LogP contribution in [0.25, 0.3) is 0 Å². The molecule has 0 radical (unpaired) electrons. The van der Waals surface area contributed by atoms with Crippen LogP contribution in [0.15, 0.2) is 40.1 Å². The van der Waals surface area contributed by atoms with Crippen molar-refractivity contribution in [3.63, 3.8) is 0 Å². The summed E-state index contributed by atoms with van der Waals surface area (Å²) in [5.74, 6) is -0.618. The van der Waals surface area contributed by atoms with Crippen molar-refractivity contribution in [1.82, 2.24) is 9.55 Å². The first kappa shape index (κ1) is 19.3. The van der Waals surface area contributed by atoms with E-state index in [1.54, 1.807) is 6.33 Å². The number of imidazole rings is 1. The number of aryl methyl sites for hydroxylation is 1. The predicted octanol–water partition coefficient (Wildman–Crippen LogP) is 3.40. The van der Waals surface area contributed by atoms with Crippen molar-refractivity contribution >= 4 is 39.8 Å². The van der Waals surface area contributed by atoms with E-state index < -0.39 is 11.9 Å². The number of carbonyl (C=O) groups is 2. The zero-order valence-electron chi connectivity index (χ0n) is 14.8. The molecule has 3 rings (SSSR count). The van der Waals surface area contributed by atoms with E-state index in [0.29, 0.717) is 30.9 Å². The summed E-state index contributed by atoms with van der Waals surface area (Å²) in [7, 11) is 0. The molecule has 2 heterocycles. The second kappa shape index (κ2) is 8.94. The average Bonchev–Trinajstić information content (AvgIpc) is 2.96. The number of benzene rings is 1. The summed E-state index contributed by atoms with van der Waals surface area (Å²) in [6, 6.07) is 7.75. The molecule has 0 saturated heterocycles. The zero-order chi connectivity index (χ0) is 19.2. The van der Waals surface area contributed by atoms with Crippen molar-refractivity contribution in [2.24, 2.45) is 10.9 Å². The third kappa shape index (κ3) is 5.03. The lowest BCUT2D eigenvalue weighted by molar-refractivity contribution is -0.142. The van der Waals surface area contributed by atoms with Gasteiger partial charge in [0.25, 0.3) is 0 Å². The number of aliphatic carboxylic acids is 1.